The van der Waals surface area contributed by atoms with Gasteiger partial charge < -0.3 is 0 Å². The first-order valence-electron chi connectivity index (χ1n) is 3.25. The van der Waals surface area contributed by atoms with E-state index in [1.165, 1.54) is 0 Å². The molecule has 5 nitrogen and oxygen atoms in total. The third kappa shape index (κ3) is 7.77. The zero-order valence-corrected chi connectivity index (χ0v) is 8.69. The number of rotatable bonds is 5. The van der Waals surface area contributed by atoms with Crippen LogP contribution < -0.4 is 0 Å². The third-order valence-electron chi connectivity index (χ3n) is 1.03. The topological polar surface area (TPSA) is 77.5 Å². The Hall–Kier alpha value is -0.580. The maximum Gasteiger partial charge on any atom is 0.269 e. The molecule has 0 saturated heterocycles. The fourth-order valence-corrected chi connectivity index (χ4v) is 2.83. The maximum absolute atomic E-state index is 10.9. The monoisotopic (exact) mass is 226 g/mol. The van der Waals surface area contributed by atoms with E-state index in [0.29, 0.717) is 0 Å². The van der Waals surface area contributed by atoms with Crippen molar-refractivity contribution in [1.82, 2.24) is 0 Å². The molecule has 7 heteroatoms. The van der Waals surface area contributed by atoms with Crippen LogP contribution in [-0.4, -0.2) is 41.2 Å². The van der Waals surface area contributed by atoms with Crippen molar-refractivity contribution < 1.29 is 21.0 Å². The van der Waals surface area contributed by atoms with Gasteiger partial charge >= 0.3 is 0 Å². The molecule has 0 aliphatic carbocycles. The summed E-state index contributed by atoms with van der Waals surface area (Å²) in [6, 6.07) is 0. The Morgan fingerprint density at radius 3 is 2.15 bits per heavy atom. The summed E-state index contributed by atoms with van der Waals surface area (Å²) in [6.07, 6.45) is 5.71. The van der Waals surface area contributed by atoms with Gasteiger partial charge in [0, 0.05) is 6.26 Å². The lowest BCUT2D eigenvalue weighted by molar-refractivity contribution is 0.364. The van der Waals surface area contributed by atoms with Crippen LogP contribution in [0.1, 0.15) is 0 Å². The molecule has 0 aromatic rings. The van der Waals surface area contributed by atoms with Gasteiger partial charge in [-0.05, 0) is 0 Å². The van der Waals surface area contributed by atoms with Gasteiger partial charge in [-0.1, -0.05) is 5.92 Å². The van der Waals surface area contributed by atoms with Crippen LogP contribution >= 0.6 is 0 Å². The first-order valence-corrected chi connectivity index (χ1v) is 6.89. The standard InChI is InChI=1S/C6H10O5S2/c1-3-4-11-13(9,10)6-5-12(2,7)8/h1H,4-6H2,2H3. The van der Waals surface area contributed by atoms with E-state index in [9.17, 15) is 16.8 Å². The average Bonchev–Trinajstić information content (AvgIpc) is 1.97. The van der Waals surface area contributed by atoms with Gasteiger partial charge in [0.1, 0.15) is 16.4 Å². The number of hydrogen-bond acceptors (Lipinski definition) is 5. The predicted molar refractivity (Wildman–Crippen MR) is 48.3 cm³/mol. The van der Waals surface area contributed by atoms with E-state index in [0.717, 1.165) is 6.26 Å². The van der Waals surface area contributed by atoms with E-state index in [1.54, 1.807) is 0 Å². The summed E-state index contributed by atoms with van der Waals surface area (Å²) in [6.45, 7) is -0.369. The summed E-state index contributed by atoms with van der Waals surface area (Å²) in [5.74, 6) is 0.950. The highest BCUT2D eigenvalue weighted by atomic mass is 32.2. The molecule has 0 radical (unpaired) electrons. The maximum atomic E-state index is 10.9. The molecule has 76 valence electrons. The van der Waals surface area contributed by atoms with Crippen LogP contribution in [0, 0.1) is 12.3 Å². The Morgan fingerprint density at radius 2 is 1.77 bits per heavy atom. The Bertz CT molecular complexity index is 383. The normalized spacial score (nSPS) is 12.3. The number of sulfone groups is 1. The Balaban J connectivity index is 4.15. The molecule has 0 spiro atoms. The molecular formula is C6H10O5S2. The summed E-state index contributed by atoms with van der Waals surface area (Å²) in [5.41, 5.74) is 0. The Kier molecular flexibility index (Phi) is 4.39. The fraction of sp³-hybridized carbons (Fsp3) is 0.667. The van der Waals surface area contributed by atoms with E-state index < -0.39 is 31.5 Å². The molecule has 0 aromatic heterocycles. The molecule has 0 bridgehead atoms. The van der Waals surface area contributed by atoms with E-state index in [4.69, 9.17) is 6.42 Å². The van der Waals surface area contributed by atoms with E-state index in [2.05, 4.69) is 4.18 Å². The lowest BCUT2D eigenvalue weighted by Crippen LogP contribution is -2.18. The molecule has 0 aromatic carbocycles. The largest absolute Gasteiger partial charge is 0.269 e. The molecule has 0 aliphatic rings. The van der Waals surface area contributed by atoms with Crippen molar-refractivity contribution in [3.05, 3.63) is 0 Å². The molecule has 0 amide bonds. The van der Waals surface area contributed by atoms with Gasteiger partial charge in [0.2, 0.25) is 0 Å². The molecule has 0 heterocycles. The van der Waals surface area contributed by atoms with Crippen LogP contribution in [-0.2, 0) is 24.1 Å². The predicted octanol–water partition coefficient (Wildman–Crippen LogP) is -0.989. The number of terminal acetylenes is 1. The SMILES string of the molecule is C#CCOS(=O)(=O)CCS(C)(=O)=O. The molecule has 13 heavy (non-hydrogen) atoms. The molecule has 0 fully saturated rings. The highest BCUT2D eigenvalue weighted by Gasteiger charge is 2.14. The Morgan fingerprint density at radius 1 is 1.23 bits per heavy atom. The van der Waals surface area contributed by atoms with Gasteiger partial charge in [-0.15, -0.1) is 6.42 Å². The molecule has 0 rings (SSSR count). The van der Waals surface area contributed by atoms with Gasteiger partial charge in [-0.25, -0.2) is 8.42 Å². The minimum Gasteiger partial charge on any atom is -0.257 e. The lowest BCUT2D eigenvalue weighted by atomic mass is 10.8. The quantitative estimate of drug-likeness (QED) is 0.444. The van der Waals surface area contributed by atoms with E-state index >= 15 is 0 Å². The van der Waals surface area contributed by atoms with Crippen molar-refractivity contribution in [3.63, 3.8) is 0 Å². The van der Waals surface area contributed by atoms with Gasteiger partial charge in [-0.2, -0.15) is 8.42 Å². The molecule has 0 aliphatic heterocycles. The van der Waals surface area contributed by atoms with Crippen LogP contribution in [0.4, 0.5) is 0 Å². The second kappa shape index (κ2) is 4.60. The van der Waals surface area contributed by atoms with Crippen LogP contribution in [0.3, 0.4) is 0 Å². The Labute approximate surface area is 78.1 Å². The van der Waals surface area contributed by atoms with Crippen molar-refractivity contribution in [2.24, 2.45) is 0 Å². The summed E-state index contributed by atoms with van der Waals surface area (Å²) >= 11 is 0. The highest BCUT2D eigenvalue weighted by molar-refractivity contribution is 7.92. The van der Waals surface area contributed by atoms with Gasteiger partial charge in [-0.3, -0.25) is 4.18 Å². The minimum atomic E-state index is -3.80. The minimum absolute atomic E-state index is 0.369. The van der Waals surface area contributed by atoms with Crippen LogP contribution in [0.5, 0.6) is 0 Å². The van der Waals surface area contributed by atoms with Crippen molar-refractivity contribution in [1.29, 1.82) is 0 Å². The van der Waals surface area contributed by atoms with E-state index in [-0.39, 0.29) is 6.61 Å². The highest BCUT2D eigenvalue weighted by Crippen LogP contribution is 1.95. The summed E-state index contributed by atoms with van der Waals surface area (Å²) < 4.78 is 47.1. The van der Waals surface area contributed by atoms with Crippen LogP contribution in [0.15, 0.2) is 0 Å². The second-order valence-electron chi connectivity index (χ2n) is 2.36. The first-order chi connectivity index (χ1) is 5.77. The fourth-order valence-electron chi connectivity index (χ4n) is 0.436. The molecule has 0 saturated carbocycles. The molecule has 0 atom stereocenters. The zero-order chi connectivity index (χ0) is 10.5. The van der Waals surface area contributed by atoms with Gasteiger partial charge in [0.15, 0.2) is 0 Å². The van der Waals surface area contributed by atoms with Crippen LogP contribution in [0.2, 0.25) is 0 Å². The second-order valence-corrected chi connectivity index (χ2v) is 6.38. The average molecular weight is 226 g/mol. The van der Waals surface area contributed by atoms with Gasteiger partial charge in [0.05, 0.1) is 11.5 Å². The molecular weight excluding hydrogens is 216 g/mol. The summed E-state index contributed by atoms with van der Waals surface area (Å²) in [7, 11) is -7.09. The number of hydrogen-bond donors (Lipinski definition) is 0. The van der Waals surface area contributed by atoms with Crippen molar-refractivity contribution in [2.75, 3.05) is 24.4 Å². The van der Waals surface area contributed by atoms with Crippen molar-refractivity contribution in [3.8, 4) is 12.3 Å². The third-order valence-corrected chi connectivity index (χ3v) is 3.41. The molecule has 0 N–H and O–H groups in total. The van der Waals surface area contributed by atoms with E-state index in [1.807, 2.05) is 5.92 Å². The lowest BCUT2D eigenvalue weighted by Gasteiger charge is -2.00. The van der Waals surface area contributed by atoms with Gasteiger partial charge in [0.25, 0.3) is 10.1 Å². The smallest absolute Gasteiger partial charge is 0.257 e. The van der Waals surface area contributed by atoms with Crippen molar-refractivity contribution in [2.45, 2.75) is 0 Å². The summed E-state index contributed by atoms with van der Waals surface area (Å²) in [5, 5.41) is 0. The summed E-state index contributed by atoms with van der Waals surface area (Å²) in [4.78, 5) is 0. The van der Waals surface area contributed by atoms with Crippen molar-refractivity contribution >= 4 is 20.0 Å². The zero-order valence-electron chi connectivity index (χ0n) is 7.06. The first kappa shape index (κ1) is 12.4. The van der Waals surface area contributed by atoms with Crippen LogP contribution in [0.25, 0.3) is 0 Å². The molecule has 0 unspecified atom stereocenters.